The molecule has 1 aliphatic rings. The molecule has 0 unspecified atom stereocenters. The van der Waals surface area contributed by atoms with Gasteiger partial charge in [0.15, 0.2) is 0 Å². The molecule has 0 saturated carbocycles. The molecule has 1 N–H and O–H groups in total. The molecule has 0 atom stereocenters. The van der Waals surface area contributed by atoms with Crippen LogP contribution in [-0.4, -0.2) is 81.3 Å². The number of nitrogens with one attached hydrogen (secondary N) is 1. The lowest BCUT2D eigenvalue weighted by Crippen LogP contribution is -2.48. The second-order valence-corrected chi connectivity index (χ2v) is 10.8. The van der Waals surface area contributed by atoms with E-state index in [1.165, 1.54) is 12.6 Å². The topological polar surface area (TPSA) is 73.0 Å². The molecule has 0 bridgehead atoms. The van der Waals surface area contributed by atoms with Crippen molar-refractivity contribution in [3.8, 4) is 0 Å². The number of hydrogen-bond acceptors (Lipinski definition) is 5. The number of piperazine rings is 1. The number of benzene rings is 3. The van der Waals surface area contributed by atoms with E-state index in [9.17, 15) is 13.2 Å². The molecule has 4 rings (SSSR count). The third-order valence-corrected chi connectivity index (χ3v) is 8.06. The van der Waals surface area contributed by atoms with Gasteiger partial charge < -0.3 is 5.32 Å². The highest BCUT2D eigenvalue weighted by atomic mass is 32.2. The van der Waals surface area contributed by atoms with Gasteiger partial charge in [0.2, 0.25) is 15.9 Å². The van der Waals surface area contributed by atoms with Gasteiger partial charge in [-0.2, -0.15) is 4.31 Å². The Bertz CT molecular complexity index is 1210. The average Bonchev–Trinajstić information content (AvgIpc) is 2.85. The third-order valence-electron chi connectivity index (χ3n) is 6.26. The average molecular weight is 481 g/mol. The summed E-state index contributed by atoms with van der Waals surface area (Å²) in [5, 5.41) is 4.69. The van der Waals surface area contributed by atoms with Gasteiger partial charge in [0.1, 0.15) is 0 Å². The first-order valence-corrected chi connectivity index (χ1v) is 13.1. The molecule has 7 nitrogen and oxygen atoms in total. The lowest BCUT2D eigenvalue weighted by molar-refractivity contribution is -0.121. The van der Waals surface area contributed by atoms with Crippen molar-refractivity contribution in [1.82, 2.24) is 19.4 Å². The molecule has 8 heteroatoms. The molecular formula is C26H32N4O3S. The molecule has 1 heterocycles. The first-order chi connectivity index (χ1) is 16.4. The lowest BCUT2D eigenvalue weighted by atomic mass is 10.1. The van der Waals surface area contributed by atoms with Gasteiger partial charge in [-0.05, 0) is 28.5 Å². The van der Waals surface area contributed by atoms with E-state index in [1.807, 2.05) is 30.3 Å². The van der Waals surface area contributed by atoms with Crippen LogP contribution in [0.4, 0.5) is 0 Å². The fourth-order valence-electron chi connectivity index (χ4n) is 4.22. The van der Waals surface area contributed by atoms with E-state index in [0.717, 1.165) is 54.3 Å². The molecule has 0 spiro atoms. The minimum Gasteiger partial charge on any atom is -0.354 e. The molecule has 1 saturated heterocycles. The van der Waals surface area contributed by atoms with Gasteiger partial charge in [0.05, 0.1) is 11.4 Å². The summed E-state index contributed by atoms with van der Waals surface area (Å²) in [4.78, 5) is 17.4. The number of carbonyl (C=O) groups is 1. The number of likely N-dealkylation sites (N-methyl/N-ethyl adjacent to an activating group) is 1. The molecule has 0 aliphatic carbocycles. The Morgan fingerprint density at radius 1 is 0.882 bits per heavy atom. The fourth-order valence-corrected chi connectivity index (χ4v) is 5.38. The molecule has 180 valence electrons. The zero-order chi connectivity index (χ0) is 24.0. The van der Waals surface area contributed by atoms with Crippen LogP contribution in [0.3, 0.4) is 0 Å². The third kappa shape index (κ3) is 6.21. The van der Waals surface area contributed by atoms with Crippen LogP contribution >= 0.6 is 0 Å². The molecule has 3 aromatic carbocycles. The van der Waals surface area contributed by atoms with Gasteiger partial charge >= 0.3 is 0 Å². The summed E-state index contributed by atoms with van der Waals surface area (Å²) >= 11 is 0. The fraction of sp³-hybridized carbons (Fsp3) is 0.346. The molecule has 0 radical (unpaired) electrons. The number of fused-ring (bicyclic) bond motifs is 1. The summed E-state index contributed by atoms with van der Waals surface area (Å²) in [6, 6.07) is 23.1. The van der Waals surface area contributed by atoms with Crippen LogP contribution in [0.5, 0.6) is 0 Å². The largest absolute Gasteiger partial charge is 0.354 e. The second kappa shape index (κ2) is 11.1. The van der Waals surface area contributed by atoms with Gasteiger partial charge in [-0.25, -0.2) is 8.42 Å². The molecule has 1 aliphatic heterocycles. The summed E-state index contributed by atoms with van der Waals surface area (Å²) in [6.07, 6.45) is 0. The van der Waals surface area contributed by atoms with Crippen LogP contribution in [0.25, 0.3) is 10.8 Å². The maximum absolute atomic E-state index is 12.9. The SMILES string of the molecule is CN(CC(=O)NCCN1CCN(Cc2ccccc2)CC1)S(=O)(=O)c1ccc2ccccc2c1. The van der Waals surface area contributed by atoms with Crippen LogP contribution < -0.4 is 5.32 Å². The molecule has 1 fully saturated rings. The number of carbonyl (C=O) groups excluding carboxylic acids is 1. The normalized spacial score (nSPS) is 15.6. The summed E-state index contributed by atoms with van der Waals surface area (Å²) in [5.74, 6) is -0.297. The Balaban J connectivity index is 1.20. The first kappa shape index (κ1) is 24.3. The lowest BCUT2D eigenvalue weighted by Gasteiger charge is -2.34. The van der Waals surface area contributed by atoms with E-state index in [4.69, 9.17) is 0 Å². The monoisotopic (exact) mass is 480 g/mol. The van der Waals surface area contributed by atoms with Crippen LogP contribution in [-0.2, 0) is 21.4 Å². The Kier molecular flexibility index (Phi) is 7.95. The zero-order valence-corrected chi connectivity index (χ0v) is 20.4. The maximum Gasteiger partial charge on any atom is 0.243 e. The molecule has 34 heavy (non-hydrogen) atoms. The Morgan fingerprint density at radius 2 is 1.53 bits per heavy atom. The summed E-state index contributed by atoms with van der Waals surface area (Å²) < 4.78 is 27.0. The highest BCUT2D eigenvalue weighted by molar-refractivity contribution is 7.89. The van der Waals surface area contributed by atoms with Crippen molar-refractivity contribution >= 4 is 26.7 Å². The summed E-state index contributed by atoms with van der Waals surface area (Å²) in [5.41, 5.74) is 1.32. The van der Waals surface area contributed by atoms with Crippen molar-refractivity contribution in [2.45, 2.75) is 11.4 Å². The minimum absolute atomic E-state index is 0.190. The highest BCUT2D eigenvalue weighted by Gasteiger charge is 2.23. The predicted octanol–water partition coefficient (Wildman–Crippen LogP) is 2.39. The van der Waals surface area contributed by atoms with Crippen molar-refractivity contribution in [3.05, 3.63) is 78.4 Å². The van der Waals surface area contributed by atoms with Crippen molar-refractivity contribution in [2.24, 2.45) is 0 Å². The highest BCUT2D eigenvalue weighted by Crippen LogP contribution is 2.21. The number of amides is 1. The van der Waals surface area contributed by atoms with Gasteiger partial charge in [-0.1, -0.05) is 60.7 Å². The maximum atomic E-state index is 12.9. The van der Waals surface area contributed by atoms with Crippen LogP contribution in [0.15, 0.2) is 77.7 Å². The van der Waals surface area contributed by atoms with Crippen molar-refractivity contribution < 1.29 is 13.2 Å². The summed E-state index contributed by atoms with van der Waals surface area (Å²) in [6.45, 7) is 5.92. The van der Waals surface area contributed by atoms with Crippen molar-refractivity contribution in [2.75, 3.05) is 52.9 Å². The van der Waals surface area contributed by atoms with E-state index >= 15 is 0 Å². The van der Waals surface area contributed by atoms with E-state index in [-0.39, 0.29) is 17.3 Å². The smallest absolute Gasteiger partial charge is 0.243 e. The Labute approximate surface area is 202 Å². The van der Waals surface area contributed by atoms with Crippen LogP contribution in [0, 0.1) is 0 Å². The zero-order valence-electron chi connectivity index (χ0n) is 19.6. The van der Waals surface area contributed by atoms with Gasteiger partial charge in [-0.3, -0.25) is 14.6 Å². The quantitative estimate of drug-likeness (QED) is 0.509. The standard InChI is InChI=1S/C26H32N4O3S/c1-28(34(32,33)25-12-11-23-9-5-6-10-24(23)19-25)21-26(31)27-13-14-29-15-17-30(18-16-29)20-22-7-3-2-4-8-22/h2-12,19H,13-18,20-21H2,1H3,(H,27,31). The molecule has 3 aromatic rings. The summed E-state index contributed by atoms with van der Waals surface area (Å²) in [7, 11) is -2.31. The van der Waals surface area contributed by atoms with Gasteiger partial charge in [0.25, 0.3) is 0 Å². The Hall–Kier alpha value is -2.78. The predicted molar refractivity (Wildman–Crippen MR) is 135 cm³/mol. The van der Waals surface area contributed by atoms with Crippen molar-refractivity contribution in [3.63, 3.8) is 0 Å². The van der Waals surface area contributed by atoms with E-state index in [0.29, 0.717) is 6.54 Å². The van der Waals surface area contributed by atoms with Crippen LogP contribution in [0.1, 0.15) is 5.56 Å². The van der Waals surface area contributed by atoms with E-state index < -0.39 is 10.0 Å². The number of hydrogen-bond donors (Lipinski definition) is 1. The minimum atomic E-state index is -3.75. The number of sulfonamides is 1. The molecule has 0 aromatic heterocycles. The van der Waals surface area contributed by atoms with E-state index in [2.05, 4.69) is 39.4 Å². The molecular weight excluding hydrogens is 448 g/mol. The Morgan fingerprint density at radius 3 is 2.26 bits per heavy atom. The molecule has 1 amide bonds. The van der Waals surface area contributed by atoms with Gasteiger partial charge in [0, 0.05) is 52.9 Å². The van der Waals surface area contributed by atoms with Crippen molar-refractivity contribution in [1.29, 1.82) is 0 Å². The van der Waals surface area contributed by atoms with Gasteiger partial charge in [-0.15, -0.1) is 0 Å². The number of nitrogens with zero attached hydrogens (tertiary/aromatic N) is 3. The van der Waals surface area contributed by atoms with Crippen LogP contribution in [0.2, 0.25) is 0 Å². The number of rotatable bonds is 9. The van der Waals surface area contributed by atoms with E-state index in [1.54, 1.807) is 18.2 Å². The second-order valence-electron chi connectivity index (χ2n) is 8.72. The first-order valence-electron chi connectivity index (χ1n) is 11.6.